The first kappa shape index (κ1) is 24.0. The van der Waals surface area contributed by atoms with Crippen molar-refractivity contribution >= 4 is 39.3 Å². The van der Waals surface area contributed by atoms with Crippen LogP contribution in [0.3, 0.4) is 0 Å². The number of rotatable bonds is 6. The molecule has 0 spiro atoms. The van der Waals surface area contributed by atoms with Gasteiger partial charge in [-0.05, 0) is 61.4 Å². The topological polar surface area (TPSA) is 79.1 Å². The number of esters is 1. The summed E-state index contributed by atoms with van der Waals surface area (Å²) in [6.07, 6.45) is 1.80. The van der Waals surface area contributed by atoms with Gasteiger partial charge in [0.1, 0.15) is 11.5 Å². The van der Waals surface area contributed by atoms with Gasteiger partial charge < -0.3 is 14.2 Å². The van der Waals surface area contributed by atoms with Gasteiger partial charge in [0.2, 0.25) is 0 Å². The van der Waals surface area contributed by atoms with Crippen molar-refractivity contribution in [2.45, 2.75) is 19.9 Å². The number of aromatic nitrogens is 1. The Morgan fingerprint density at radius 1 is 1.15 bits per heavy atom. The molecule has 1 aliphatic heterocycles. The second-order valence-corrected chi connectivity index (χ2v) is 9.33. The summed E-state index contributed by atoms with van der Waals surface area (Å²) in [7, 11) is 3.18. The molecule has 2 aromatic carbocycles. The van der Waals surface area contributed by atoms with Gasteiger partial charge in [-0.3, -0.25) is 9.36 Å². The van der Waals surface area contributed by atoms with Crippen LogP contribution in [-0.4, -0.2) is 31.4 Å². The van der Waals surface area contributed by atoms with Crippen LogP contribution in [0.4, 0.5) is 0 Å². The fourth-order valence-corrected chi connectivity index (χ4v) is 5.19. The molecule has 4 rings (SSSR count). The molecule has 176 valence electrons. The largest absolute Gasteiger partial charge is 0.497 e. The van der Waals surface area contributed by atoms with Crippen LogP contribution < -0.4 is 24.4 Å². The maximum absolute atomic E-state index is 13.7. The van der Waals surface area contributed by atoms with Crippen LogP contribution in [0.1, 0.15) is 31.0 Å². The molecule has 3 aromatic rings. The maximum Gasteiger partial charge on any atom is 0.338 e. The number of methoxy groups -OCH3 is 2. The Labute approximate surface area is 208 Å². The van der Waals surface area contributed by atoms with Crippen LogP contribution in [0.5, 0.6) is 11.5 Å². The predicted octanol–water partition coefficient (Wildman–Crippen LogP) is 3.58. The average molecular weight is 543 g/mol. The van der Waals surface area contributed by atoms with E-state index in [1.165, 1.54) is 11.3 Å². The molecule has 9 heteroatoms. The zero-order valence-electron chi connectivity index (χ0n) is 19.1. The van der Waals surface area contributed by atoms with Crippen LogP contribution in [0.2, 0.25) is 0 Å². The molecule has 0 N–H and O–H groups in total. The Bertz CT molecular complexity index is 1450. The third-order valence-electron chi connectivity index (χ3n) is 5.44. The highest BCUT2D eigenvalue weighted by atomic mass is 79.9. The van der Waals surface area contributed by atoms with E-state index in [9.17, 15) is 9.59 Å². The fourth-order valence-electron chi connectivity index (χ4n) is 3.79. The SMILES string of the molecule is CCOC(=O)C1=C(C)N=c2s/c(=C\c3cc(OC)ccc3Br)c(=O)n2[C@@H]1c1ccc(OC)cc1. The first-order valence-electron chi connectivity index (χ1n) is 10.5. The van der Waals surface area contributed by atoms with Crippen molar-refractivity contribution in [3.05, 3.63) is 89.0 Å². The molecule has 2 heterocycles. The van der Waals surface area contributed by atoms with Crippen LogP contribution in [0.15, 0.2) is 68.0 Å². The Balaban J connectivity index is 1.95. The lowest BCUT2D eigenvalue weighted by Gasteiger charge is -2.24. The van der Waals surface area contributed by atoms with Crippen molar-refractivity contribution < 1.29 is 19.0 Å². The van der Waals surface area contributed by atoms with Gasteiger partial charge in [-0.2, -0.15) is 0 Å². The zero-order chi connectivity index (χ0) is 24.4. The minimum atomic E-state index is -0.669. The number of hydrogen-bond acceptors (Lipinski definition) is 7. The van der Waals surface area contributed by atoms with Gasteiger partial charge in [0.25, 0.3) is 5.56 Å². The number of carbonyl (C=O) groups excluding carboxylic acids is 1. The summed E-state index contributed by atoms with van der Waals surface area (Å²) < 4.78 is 18.8. The lowest BCUT2D eigenvalue weighted by atomic mass is 9.96. The van der Waals surface area contributed by atoms with Crippen molar-refractivity contribution in [2.75, 3.05) is 20.8 Å². The minimum Gasteiger partial charge on any atom is -0.497 e. The number of allylic oxidation sites excluding steroid dienone is 1. The first-order valence-corrected chi connectivity index (χ1v) is 12.2. The smallest absolute Gasteiger partial charge is 0.338 e. The molecular weight excluding hydrogens is 520 g/mol. The summed E-state index contributed by atoms with van der Waals surface area (Å²) in [5.74, 6) is 0.866. The zero-order valence-corrected chi connectivity index (χ0v) is 21.5. The van der Waals surface area contributed by atoms with E-state index < -0.39 is 12.0 Å². The lowest BCUT2D eigenvalue weighted by molar-refractivity contribution is -0.139. The fraction of sp³-hybridized carbons (Fsp3) is 0.240. The number of fused-ring (bicyclic) bond motifs is 1. The van der Waals surface area contributed by atoms with E-state index in [0.29, 0.717) is 32.1 Å². The lowest BCUT2D eigenvalue weighted by Crippen LogP contribution is -2.39. The molecule has 0 bridgehead atoms. The third kappa shape index (κ3) is 4.45. The highest BCUT2D eigenvalue weighted by Gasteiger charge is 2.33. The van der Waals surface area contributed by atoms with Crippen LogP contribution in [0, 0.1) is 0 Å². The van der Waals surface area contributed by atoms with E-state index in [1.807, 2.05) is 30.3 Å². The van der Waals surface area contributed by atoms with E-state index in [-0.39, 0.29) is 12.2 Å². The Morgan fingerprint density at radius 3 is 2.47 bits per heavy atom. The summed E-state index contributed by atoms with van der Waals surface area (Å²) >= 11 is 4.81. The number of hydrogen-bond donors (Lipinski definition) is 0. The van der Waals surface area contributed by atoms with Crippen molar-refractivity contribution in [3.63, 3.8) is 0 Å². The van der Waals surface area contributed by atoms with Crippen LogP contribution >= 0.6 is 27.3 Å². The molecule has 0 radical (unpaired) electrons. The van der Waals surface area contributed by atoms with E-state index in [0.717, 1.165) is 15.6 Å². The molecule has 7 nitrogen and oxygen atoms in total. The molecule has 1 aromatic heterocycles. The van der Waals surface area contributed by atoms with Gasteiger partial charge in [0.05, 0.1) is 42.7 Å². The molecule has 34 heavy (non-hydrogen) atoms. The number of carbonyl (C=O) groups is 1. The number of thiazole rings is 1. The normalized spacial score (nSPS) is 15.6. The summed E-state index contributed by atoms with van der Waals surface area (Å²) in [6.45, 7) is 3.73. The van der Waals surface area contributed by atoms with Gasteiger partial charge in [0, 0.05) is 4.47 Å². The highest BCUT2D eigenvalue weighted by Crippen LogP contribution is 2.31. The molecule has 1 atom stereocenters. The second-order valence-electron chi connectivity index (χ2n) is 7.46. The summed E-state index contributed by atoms with van der Waals surface area (Å²) in [5, 5.41) is 0. The second kappa shape index (κ2) is 9.99. The van der Waals surface area contributed by atoms with E-state index in [2.05, 4.69) is 20.9 Å². The maximum atomic E-state index is 13.7. The third-order valence-corrected chi connectivity index (χ3v) is 7.14. The van der Waals surface area contributed by atoms with Crippen molar-refractivity contribution in [1.29, 1.82) is 0 Å². The number of ether oxygens (including phenoxy) is 3. The summed E-state index contributed by atoms with van der Waals surface area (Å²) in [4.78, 5) is 31.7. The molecule has 0 fully saturated rings. The Hall–Kier alpha value is -3.17. The van der Waals surface area contributed by atoms with Crippen molar-refractivity contribution in [2.24, 2.45) is 4.99 Å². The summed E-state index contributed by atoms with van der Waals surface area (Å²) in [6, 6.07) is 12.2. The quantitative estimate of drug-likeness (QED) is 0.445. The van der Waals surface area contributed by atoms with Gasteiger partial charge >= 0.3 is 5.97 Å². The molecule has 0 saturated carbocycles. The van der Waals surface area contributed by atoms with Gasteiger partial charge in [-0.1, -0.05) is 39.4 Å². The van der Waals surface area contributed by atoms with Crippen molar-refractivity contribution in [1.82, 2.24) is 4.57 Å². The van der Waals surface area contributed by atoms with Gasteiger partial charge in [-0.25, -0.2) is 9.79 Å². The van der Waals surface area contributed by atoms with Crippen LogP contribution in [0.25, 0.3) is 6.08 Å². The standard InChI is InChI=1S/C25H23BrN2O5S/c1-5-33-24(30)21-14(2)27-25-28(22(21)15-6-8-17(31-3)9-7-15)23(29)20(34-25)13-16-12-18(32-4)10-11-19(16)26/h6-13,22H,5H2,1-4H3/b20-13-/t22-/m1/s1. The van der Waals surface area contributed by atoms with Gasteiger partial charge in [0.15, 0.2) is 4.80 Å². The highest BCUT2D eigenvalue weighted by molar-refractivity contribution is 9.10. The average Bonchev–Trinajstić information content (AvgIpc) is 3.14. The van der Waals surface area contributed by atoms with E-state index in [4.69, 9.17) is 14.2 Å². The first-order chi connectivity index (χ1) is 16.4. The van der Waals surface area contributed by atoms with Crippen molar-refractivity contribution in [3.8, 4) is 11.5 Å². The van der Waals surface area contributed by atoms with Crippen LogP contribution in [-0.2, 0) is 9.53 Å². The van der Waals surface area contributed by atoms with Gasteiger partial charge in [-0.15, -0.1) is 0 Å². The molecule has 0 amide bonds. The molecule has 1 aliphatic rings. The molecule has 0 aliphatic carbocycles. The monoisotopic (exact) mass is 542 g/mol. The minimum absolute atomic E-state index is 0.221. The number of nitrogens with zero attached hydrogens (tertiary/aromatic N) is 2. The van der Waals surface area contributed by atoms with E-state index in [1.54, 1.807) is 50.8 Å². The Kier molecular flexibility index (Phi) is 7.04. The number of benzene rings is 2. The number of halogens is 1. The van der Waals surface area contributed by atoms with E-state index >= 15 is 0 Å². The Morgan fingerprint density at radius 2 is 1.82 bits per heavy atom. The predicted molar refractivity (Wildman–Crippen MR) is 134 cm³/mol. The molecule has 0 saturated heterocycles. The molecular formula is C25H23BrN2O5S. The molecule has 0 unspecified atom stereocenters. The summed E-state index contributed by atoms with van der Waals surface area (Å²) in [5.41, 5.74) is 2.18.